The molecule has 0 aromatic heterocycles. The van der Waals surface area contributed by atoms with Crippen LogP contribution < -0.4 is 0 Å². The second-order valence-corrected chi connectivity index (χ2v) is 14.3. The van der Waals surface area contributed by atoms with Gasteiger partial charge in [-0.1, -0.05) is 104 Å². The maximum atomic E-state index is 11.9. The highest BCUT2D eigenvalue weighted by atomic mass is 31.2. The van der Waals surface area contributed by atoms with E-state index in [0.717, 1.165) is 10.9 Å². The molecule has 0 bridgehead atoms. The van der Waals surface area contributed by atoms with Crippen molar-refractivity contribution in [3.63, 3.8) is 0 Å². The zero-order valence-corrected chi connectivity index (χ0v) is 24.9. The standard InChI is InChI=1S/C34H41O3P/c1-18(2)22(8)26-12-28-10-24(20(5)6)14-30-29-13-23(19(3)4)9-27-11-25(21(7)17-38(35,36)37)15-31(33(27)29)32(16-26)34(28)30/h9-16,18-22H,17H2,1-8H3,(H2,35,36,37)/t21-,22?/m1/s1. The van der Waals surface area contributed by atoms with Crippen LogP contribution in [-0.2, 0) is 4.57 Å². The summed E-state index contributed by atoms with van der Waals surface area (Å²) in [4.78, 5) is 19.5. The van der Waals surface area contributed by atoms with Crippen molar-refractivity contribution in [2.24, 2.45) is 5.92 Å². The van der Waals surface area contributed by atoms with Gasteiger partial charge in [0.05, 0.1) is 6.16 Å². The highest BCUT2D eigenvalue weighted by Crippen LogP contribution is 2.46. The van der Waals surface area contributed by atoms with Gasteiger partial charge in [0.2, 0.25) is 0 Å². The molecule has 1 unspecified atom stereocenters. The predicted octanol–water partition coefficient (Wildman–Crippen LogP) is 10.0. The van der Waals surface area contributed by atoms with Gasteiger partial charge in [0.15, 0.2) is 0 Å². The molecule has 3 nitrogen and oxygen atoms in total. The van der Waals surface area contributed by atoms with E-state index in [1.54, 1.807) is 0 Å². The van der Waals surface area contributed by atoms with Crippen LogP contribution in [0.4, 0.5) is 0 Å². The third-order valence-electron chi connectivity index (χ3n) is 8.71. The first kappa shape index (κ1) is 27.1. The molecule has 0 aliphatic carbocycles. The molecular weight excluding hydrogens is 487 g/mol. The summed E-state index contributed by atoms with van der Waals surface area (Å²) >= 11 is 0. The number of hydrogen-bond acceptors (Lipinski definition) is 1. The Bertz CT molecular complexity index is 1710. The van der Waals surface area contributed by atoms with Crippen LogP contribution in [0.2, 0.25) is 0 Å². The lowest BCUT2D eigenvalue weighted by atomic mass is 9.81. The monoisotopic (exact) mass is 528 g/mol. The third kappa shape index (κ3) is 4.75. The van der Waals surface area contributed by atoms with Crippen molar-refractivity contribution in [1.29, 1.82) is 0 Å². The summed E-state index contributed by atoms with van der Waals surface area (Å²) < 4.78 is 11.9. The SMILES string of the molecule is CC(C)c1cc2cc(C(C)C(C)C)cc3c4cc([C@H](C)CP(=O)(O)O)cc5cc(C(C)C)cc(c(c1)c23)c54. The van der Waals surface area contributed by atoms with Gasteiger partial charge in [-0.2, -0.15) is 0 Å². The Hall–Kier alpha value is -2.45. The van der Waals surface area contributed by atoms with Crippen LogP contribution in [0.3, 0.4) is 0 Å². The average molecular weight is 529 g/mol. The van der Waals surface area contributed by atoms with Gasteiger partial charge in [-0.25, -0.2) is 0 Å². The molecule has 5 aromatic carbocycles. The molecule has 0 saturated heterocycles. The fourth-order valence-corrected chi connectivity index (χ4v) is 6.96. The van der Waals surface area contributed by atoms with Crippen LogP contribution in [0.15, 0.2) is 48.5 Å². The Morgan fingerprint density at radius 3 is 1.34 bits per heavy atom. The van der Waals surface area contributed by atoms with Crippen molar-refractivity contribution in [2.75, 3.05) is 6.16 Å². The second kappa shape index (κ2) is 9.63. The quantitative estimate of drug-likeness (QED) is 0.125. The van der Waals surface area contributed by atoms with Crippen LogP contribution in [0.1, 0.15) is 101 Å². The Morgan fingerprint density at radius 2 is 0.947 bits per heavy atom. The van der Waals surface area contributed by atoms with Gasteiger partial charge in [-0.15, -0.1) is 0 Å². The van der Waals surface area contributed by atoms with Crippen LogP contribution in [0.25, 0.3) is 43.1 Å². The second-order valence-electron chi connectivity index (χ2n) is 12.6. The van der Waals surface area contributed by atoms with Gasteiger partial charge in [0.1, 0.15) is 0 Å². The minimum atomic E-state index is -4.14. The summed E-state index contributed by atoms with van der Waals surface area (Å²) in [6, 6.07) is 18.6. The molecule has 0 aliphatic rings. The number of hydrogen-bond donors (Lipinski definition) is 2. The van der Waals surface area contributed by atoms with E-state index in [1.165, 1.54) is 54.4 Å². The van der Waals surface area contributed by atoms with Crippen LogP contribution in [0.5, 0.6) is 0 Å². The minimum Gasteiger partial charge on any atom is -0.324 e. The van der Waals surface area contributed by atoms with Gasteiger partial charge in [0, 0.05) is 0 Å². The smallest absolute Gasteiger partial charge is 0.324 e. The van der Waals surface area contributed by atoms with E-state index in [1.807, 2.05) is 6.92 Å². The molecule has 5 aromatic rings. The summed E-state index contributed by atoms with van der Waals surface area (Å²) in [5.74, 6) is 1.48. The zero-order valence-electron chi connectivity index (χ0n) is 24.0. The van der Waals surface area contributed by atoms with E-state index in [0.29, 0.717) is 23.7 Å². The molecule has 2 N–H and O–H groups in total. The molecule has 0 spiro atoms. The fourth-order valence-electron chi connectivity index (χ4n) is 6.04. The van der Waals surface area contributed by atoms with Gasteiger partial charge < -0.3 is 9.79 Å². The Balaban J connectivity index is 2.00. The predicted molar refractivity (Wildman–Crippen MR) is 164 cm³/mol. The first-order chi connectivity index (χ1) is 17.7. The number of fused-ring (bicyclic) bond motifs is 2. The van der Waals surface area contributed by atoms with E-state index in [2.05, 4.69) is 97.0 Å². The minimum absolute atomic E-state index is 0.150. The molecular formula is C34H41O3P. The highest BCUT2D eigenvalue weighted by Gasteiger charge is 2.23. The molecule has 0 amide bonds. The first-order valence-electron chi connectivity index (χ1n) is 14.0. The average Bonchev–Trinajstić information content (AvgIpc) is 2.83. The summed E-state index contributed by atoms with van der Waals surface area (Å²) in [6.07, 6.45) is -0.150. The molecule has 0 saturated carbocycles. The molecule has 38 heavy (non-hydrogen) atoms. The van der Waals surface area contributed by atoms with Crippen molar-refractivity contribution in [2.45, 2.75) is 79.1 Å². The Morgan fingerprint density at radius 1 is 0.579 bits per heavy atom. The van der Waals surface area contributed by atoms with Crippen molar-refractivity contribution >= 4 is 50.7 Å². The maximum absolute atomic E-state index is 11.9. The van der Waals surface area contributed by atoms with Crippen molar-refractivity contribution < 1.29 is 14.4 Å². The molecule has 5 rings (SSSR count). The van der Waals surface area contributed by atoms with Crippen LogP contribution >= 0.6 is 7.60 Å². The largest absolute Gasteiger partial charge is 0.326 e. The third-order valence-corrected chi connectivity index (χ3v) is 9.73. The molecule has 0 heterocycles. The molecule has 0 aliphatic heterocycles. The summed E-state index contributed by atoms with van der Waals surface area (Å²) in [6.45, 7) is 17.8. The Kier molecular flexibility index (Phi) is 6.87. The Labute approximate surface area is 226 Å². The summed E-state index contributed by atoms with van der Waals surface area (Å²) in [7, 11) is -4.14. The van der Waals surface area contributed by atoms with Crippen LogP contribution in [-0.4, -0.2) is 15.9 Å². The molecule has 2 atom stereocenters. The van der Waals surface area contributed by atoms with Gasteiger partial charge in [-0.05, 0) is 94.9 Å². The van der Waals surface area contributed by atoms with Gasteiger partial charge in [-0.3, -0.25) is 4.57 Å². The fraction of sp³-hybridized carbons (Fsp3) is 0.412. The number of benzene rings is 5. The molecule has 4 heteroatoms. The lowest BCUT2D eigenvalue weighted by Crippen LogP contribution is -2.04. The maximum Gasteiger partial charge on any atom is 0.326 e. The van der Waals surface area contributed by atoms with E-state index in [-0.39, 0.29) is 12.1 Å². The zero-order chi connectivity index (χ0) is 27.7. The topological polar surface area (TPSA) is 57.5 Å². The van der Waals surface area contributed by atoms with E-state index in [9.17, 15) is 14.4 Å². The summed E-state index contributed by atoms with van der Waals surface area (Å²) in [5.41, 5.74) is 4.97. The lowest BCUT2D eigenvalue weighted by Gasteiger charge is -2.23. The van der Waals surface area contributed by atoms with Gasteiger partial charge in [0.25, 0.3) is 0 Å². The van der Waals surface area contributed by atoms with Gasteiger partial charge >= 0.3 is 7.60 Å². The van der Waals surface area contributed by atoms with Crippen molar-refractivity contribution in [1.82, 2.24) is 0 Å². The lowest BCUT2D eigenvalue weighted by molar-refractivity contribution is 0.370. The molecule has 200 valence electrons. The highest BCUT2D eigenvalue weighted by molar-refractivity contribution is 7.51. The molecule has 0 fully saturated rings. The van der Waals surface area contributed by atoms with E-state index < -0.39 is 7.60 Å². The van der Waals surface area contributed by atoms with E-state index >= 15 is 0 Å². The first-order valence-corrected chi connectivity index (χ1v) is 15.8. The van der Waals surface area contributed by atoms with Crippen molar-refractivity contribution in [3.8, 4) is 0 Å². The molecule has 0 radical (unpaired) electrons. The normalized spacial score (nSPS) is 14.8. The van der Waals surface area contributed by atoms with E-state index in [4.69, 9.17) is 0 Å². The number of rotatable bonds is 7. The summed E-state index contributed by atoms with van der Waals surface area (Å²) in [5, 5.41) is 10.0. The van der Waals surface area contributed by atoms with Crippen LogP contribution in [0, 0.1) is 5.92 Å². The van der Waals surface area contributed by atoms with Crippen molar-refractivity contribution in [3.05, 3.63) is 70.8 Å².